The molecule has 1 aliphatic heterocycles. The Labute approximate surface area is 216 Å². The zero-order chi connectivity index (χ0) is 25.5. The first kappa shape index (κ1) is 25.5. The van der Waals surface area contributed by atoms with Crippen molar-refractivity contribution in [3.05, 3.63) is 63.0 Å². The second-order valence-corrected chi connectivity index (χ2v) is 12.5. The summed E-state index contributed by atoms with van der Waals surface area (Å²) < 4.78 is 1.90. The summed E-state index contributed by atoms with van der Waals surface area (Å²) in [6.45, 7) is 14.4. The minimum absolute atomic E-state index is 0.00770. The van der Waals surface area contributed by atoms with Gasteiger partial charge in [0.15, 0.2) is 0 Å². The summed E-state index contributed by atoms with van der Waals surface area (Å²) in [6.07, 6.45) is 0. The molecule has 0 spiro atoms. The van der Waals surface area contributed by atoms with E-state index in [-0.39, 0.29) is 35.1 Å². The van der Waals surface area contributed by atoms with Gasteiger partial charge < -0.3 is 5.32 Å². The zero-order valence-corrected chi connectivity index (χ0v) is 23.1. The molecule has 3 aromatic rings. The van der Waals surface area contributed by atoms with E-state index in [0.717, 1.165) is 28.1 Å². The Morgan fingerprint density at radius 2 is 1.97 bits per heavy atom. The number of carbonyl (C=O) groups is 2. The normalized spacial score (nSPS) is 16.4. The van der Waals surface area contributed by atoms with Crippen molar-refractivity contribution in [3.8, 4) is 5.69 Å². The predicted octanol–water partition coefficient (Wildman–Crippen LogP) is 5.54. The smallest absolute Gasteiger partial charge is 0.240 e. The van der Waals surface area contributed by atoms with E-state index in [1.165, 1.54) is 4.88 Å². The third-order valence-electron chi connectivity index (χ3n) is 5.93. The van der Waals surface area contributed by atoms with Gasteiger partial charge in [0.25, 0.3) is 0 Å². The largest absolute Gasteiger partial charge is 0.352 e. The number of nitrogens with zero attached hydrogens (tertiary/aromatic N) is 3. The van der Waals surface area contributed by atoms with Crippen LogP contribution < -0.4 is 10.2 Å². The fourth-order valence-corrected chi connectivity index (χ4v) is 6.64. The molecule has 1 aliphatic rings. The Bertz CT molecular complexity index is 1240. The number of anilines is 1. The highest BCUT2D eigenvalue weighted by molar-refractivity contribution is 8.00. The lowest BCUT2D eigenvalue weighted by molar-refractivity contribution is -0.123. The molecule has 0 aliphatic carbocycles. The van der Waals surface area contributed by atoms with Crippen molar-refractivity contribution >= 4 is 40.7 Å². The summed E-state index contributed by atoms with van der Waals surface area (Å²) in [5.41, 5.74) is 4.86. The first-order valence-electron chi connectivity index (χ1n) is 11.9. The second-order valence-electron chi connectivity index (χ2n) is 10.4. The second kappa shape index (κ2) is 9.82. The molecule has 1 N–H and O–H groups in total. The number of carbonyl (C=O) groups excluding carboxylic acids is 2. The van der Waals surface area contributed by atoms with Crippen molar-refractivity contribution in [2.24, 2.45) is 0 Å². The molecule has 0 bridgehead atoms. The molecular formula is C27H34N4O2S2. The predicted molar refractivity (Wildman–Crippen MR) is 146 cm³/mol. The van der Waals surface area contributed by atoms with E-state index in [0.29, 0.717) is 11.6 Å². The van der Waals surface area contributed by atoms with Crippen LogP contribution in [0.15, 0.2) is 35.7 Å². The van der Waals surface area contributed by atoms with Crippen LogP contribution in [0.3, 0.4) is 0 Å². The Morgan fingerprint density at radius 3 is 2.57 bits per heavy atom. The lowest BCUT2D eigenvalue weighted by Crippen LogP contribution is -2.44. The Morgan fingerprint density at radius 1 is 1.23 bits per heavy atom. The van der Waals surface area contributed by atoms with E-state index in [9.17, 15) is 9.59 Å². The van der Waals surface area contributed by atoms with Crippen LogP contribution in [-0.2, 0) is 15.0 Å². The maximum Gasteiger partial charge on any atom is 0.240 e. The average molecular weight is 511 g/mol. The van der Waals surface area contributed by atoms with E-state index in [4.69, 9.17) is 5.10 Å². The van der Waals surface area contributed by atoms with Crippen LogP contribution in [0.2, 0.25) is 0 Å². The number of amides is 2. The van der Waals surface area contributed by atoms with E-state index in [1.807, 2.05) is 24.6 Å². The quantitative estimate of drug-likeness (QED) is 0.489. The average Bonchev–Trinajstić information content (AvgIpc) is 3.38. The SMILES string of the molecule is Cc1ccc(-n2nc(C(C)(C)C)c3c2N(CC(=O)NC(C)C)C(=O)CSC3c2cccs2)c(C)c1. The monoisotopic (exact) mass is 510 g/mol. The molecular weight excluding hydrogens is 476 g/mol. The molecule has 0 saturated carbocycles. The van der Waals surface area contributed by atoms with Crippen molar-refractivity contribution in [1.82, 2.24) is 15.1 Å². The molecule has 0 radical (unpaired) electrons. The van der Waals surface area contributed by atoms with Crippen molar-refractivity contribution in [3.63, 3.8) is 0 Å². The minimum Gasteiger partial charge on any atom is -0.352 e. The zero-order valence-electron chi connectivity index (χ0n) is 21.5. The van der Waals surface area contributed by atoms with Crippen molar-refractivity contribution in [2.45, 2.75) is 65.2 Å². The highest BCUT2D eigenvalue weighted by Crippen LogP contribution is 2.49. The number of rotatable bonds is 5. The van der Waals surface area contributed by atoms with Crippen LogP contribution in [0.4, 0.5) is 5.82 Å². The van der Waals surface area contributed by atoms with Gasteiger partial charge in [0.1, 0.15) is 12.4 Å². The van der Waals surface area contributed by atoms with Crippen LogP contribution in [0, 0.1) is 13.8 Å². The van der Waals surface area contributed by atoms with Crippen LogP contribution in [0.25, 0.3) is 5.69 Å². The first-order valence-corrected chi connectivity index (χ1v) is 13.9. The number of nitrogens with one attached hydrogen (secondary N) is 1. The molecule has 1 atom stereocenters. The van der Waals surface area contributed by atoms with Crippen LogP contribution >= 0.6 is 23.1 Å². The Kier molecular flexibility index (Phi) is 7.16. The lowest BCUT2D eigenvalue weighted by atomic mass is 9.88. The Balaban J connectivity index is 2.02. The molecule has 2 aromatic heterocycles. The number of fused-ring (bicyclic) bond motifs is 1. The molecule has 186 valence electrons. The fourth-order valence-electron chi connectivity index (χ4n) is 4.46. The van der Waals surface area contributed by atoms with Gasteiger partial charge in [0.05, 0.1) is 22.4 Å². The summed E-state index contributed by atoms with van der Waals surface area (Å²) in [4.78, 5) is 29.3. The third-order valence-corrected chi connectivity index (χ3v) is 8.26. The lowest BCUT2D eigenvalue weighted by Gasteiger charge is -2.24. The summed E-state index contributed by atoms with van der Waals surface area (Å²) in [5, 5.41) is 10.1. The van der Waals surface area contributed by atoms with Gasteiger partial charge >= 0.3 is 0 Å². The number of benzene rings is 1. The molecule has 6 nitrogen and oxygen atoms in total. The van der Waals surface area contributed by atoms with Gasteiger partial charge in [0.2, 0.25) is 11.8 Å². The molecule has 4 rings (SSSR count). The van der Waals surface area contributed by atoms with E-state index >= 15 is 0 Å². The summed E-state index contributed by atoms with van der Waals surface area (Å²) in [5.74, 6) is 0.738. The van der Waals surface area contributed by atoms with Gasteiger partial charge in [-0.2, -0.15) is 5.10 Å². The molecule has 8 heteroatoms. The molecule has 3 heterocycles. The molecule has 0 saturated heterocycles. The minimum atomic E-state index is -0.261. The number of thiophene rings is 1. The van der Waals surface area contributed by atoms with Gasteiger partial charge in [-0.1, -0.05) is 44.5 Å². The van der Waals surface area contributed by atoms with Gasteiger partial charge in [-0.05, 0) is 50.8 Å². The maximum absolute atomic E-state index is 13.6. The van der Waals surface area contributed by atoms with Gasteiger partial charge in [-0.3, -0.25) is 14.5 Å². The summed E-state index contributed by atoms with van der Waals surface area (Å²) >= 11 is 3.31. The number of hydrogen-bond acceptors (Lipinski definition) is 5. The molecule has 2 amide bonds. The Hall–Kier alpha value is -2.58. The van der Waals surface area contributed by atoms with Crippen LogP contribution in [0.5, 0.6) is 0 Å². The molecule has 1 aromatic carbocycles. The van der Waals surface area contributed by atoms with Crippen molar-refractivity contribution in [1.29, 1.82) is 0 Å². The highest BCUT2D eigenvalue weighted by atomic mass is 32.2. The van der Waals surface area contributed by atoms with Gasteiger partial charge in [0, 0.05) is 21.9 Å². The molecule has 0 fully saturated rings. The number of hydrogen-bond donors (Lipinski definition) is 1. The number of thioether (sulfide) groups is 1. The van der Waals surface area contributed by atoms with E-state index < -0.39 is 0 Å². The van der Waals surface area contributed by atoms with E-state index in [2.05, 4.69) is 69.6 Å². The maximum atomic E-state index is 13.6. The standard InChI is InChI=1S/C27H34N4O2S2/c1-16(2)28-21(32)14-30-22(33)15-35-24(20-9-8-12-34-20)23-25(27(5,6)7)29-31(26(23)30)19-11-10-17(3)13-18(19)4/h8-13,16,24H,14-15H2,1-7H3,(H,28,32). The van der Waals surface area contributed by atoms with Crippen LogP contribution in [0.1, 0.15) is 67.1 Å². The fraction of sp³-hybridized carbons (Fsp3) is 0.444. The van der Waals surface area contributed by atoms with Crippen molar-refractivity contribution in [2.75, 3.05) is 17.2 Å². The highest BCUT2D eigenvalue weighted by Gasteiger charge is 2.40. The molecule has 1 unspecified atom stereocenters. The third kappa shape index (κ3) is 5.19. The van der Waals surface area contributed by atoms with E-state index in [1.54, 1.807) is 28.0 Å². The van der Waals surface area contributed by atoms with Crippen molar-refractivity contribution < 1.29 is 9.59 Å². The summed E-state index contributed by atoms with van der Waals surface area (Å²) in [7, 11) is 0. The van der Waals surface area contributed by atoms with Crippen LogP contribution in [-0.4, -0.2) is 39.9 Å². The molecule has 35 heavy (non-hydrogen) atoms. The topological polar surface area (TPSA) is 67.2 Å². The van der Waals surface area contributed by atoms with Gasteiger partial charge in [-0.25, -0.2) is 4.68 Å². The first-order chi connectivity index (χ1) is 16.5. The summed E-state index contributed by atoms with van der Waals surface area (Å²) in [6, 6.07) is 10.4. The van der Waals surface area contributed by atoms with Gasteiger partial charge in [-0.15, -0.1) is 23.1 Å². The number of aromatic nitrogens is 2. The number of aryl methyl sites for hydroxylation is 2.